The number of thioether (sulfide) groups is 1. The number of nitrogens with zero attached hydrogens (tertiary/aromatic N) is 3. The van der Waals surface area contributed by atoms with E-state index < -0.39 is 22.5 Å². The van der Waals surface area contributed by atoms with Crippen LogP contribution in [0.2, 0.25) is 10.0 Å². The predicted molar refractivity (Wildman–Crippen MR) is 147 cm³/mol. The highest BCUT2D eigenvalue weighted by atomic mass is 35.5. The number of amides is 1. The third kappa shape index (κ3) is 6.57. The Balaban J connectivity index is 1.52. The van der Waals surface area contributed by atoms with Crippen molar-refractivity contribution in [3.8, 4) is 0 Å². The Bertz CT molecular complexity index is 1460. The van der Waals surface area contributed by atoms with Crippen molar-refractivity contribution in [1.29, 1.82) is 0 Å². The molecule has 12 heteroatoms. The number of sulfonamides is 1. The summed E-state index contributed by atoms with van der Waals surface area (Å²) in [6.45, 7) is 1.36. The van der Waals surface area contributed by atoms with Crippen molar-refractivity contribution in [2.75, 3.05) is 16.2 Å². The summed E-state index contributed by atoms with van der Waals surface area (Å²) in [6.07, 6.45) is 0. The number of halogens is 2. The summed E-state index contributed by atoms with van der Waals surface area (Å²) in [7, 11) is -4.09. The topological polar surface area (TPSA) is 92.3 Å². The minimum absolute atomic E-state index is 0.0440. The minimum atomic E-state index is -4.09. The van der Waals surface area contributed by atoms with Crippen LogP contribution in [0.25, 0.3) is 0 Å². The zero-order valence-electron chi connectivity index (χ0n) is 18.9. The molecule has 3 aromatic carbocycles. The van der Waals surface area contributed by atoms with Crippen LogP contribution in [0.3, 0.4) is 0 Å². The van der Waals surface area contributed by atoms with E-state index in [0.717, 1.165) is 15.4 Å². The fourth-order valence-electron chi connectivity index (χ4n) is 3.12. The Morgan fingerprint density at radius 2 is 1.72 bits per heavy atom. The first kappa shape index (κ1) is 26.4. The van der Waals surface area contributed by atoms with Crippen molar-refractivity contribution in [3.05, 3.63) is 94.0 Å². The predicted octanol–water partition coefficient (Wildman–Crippen LogP) is 6.28. The van der Waals surface area contributed by atoms with Crippen molar-refractivity contribution in [2.24, 2.45) is 0 Å². The lowest BCUT2D eigenvalue weighted by Crippen LogP contribution is -2.38. The Morgan fingerprint density at radius 3 is 2.42 bits per heavy atom. The van der Waals surface area contributed by atoms with Gasteiger partial charge in [0.2, 0.25) is 11.0 Å². The van der Waals surface area contributed by atoms with Crippen LogP contribution in [0.5, 0.6) is 0 Å². The molecule has 4 rings (SSSR count). The molecule has 1 aromatic heterocycles. The molecule has 0 atom stereocenters. The number of aryl methyl sites for hydroxylation is 1. The van der Waals surface area contributed by atoms with Gasteiger partial charge in [0.25, 0.3) is 10.0 Å². The third-order valence-corrected chi connectivity index (χ3v) is 9.52. The second-order valence-corrected chi connectivity index (χ2v) is 12.5. The molecule has 0 spiro atoms. The Hall–Kier alpha value is -2.63. The molecule has 0 saturated heterocycles. The van der Waals surface area contributed by atoms with Gasteiger partial charge in [-0.25, -0.2) is 8.42 Å². The molecule has 0 bridgehead atoms. The van der Waals surface area contributed by atoms with Gasteiger partial charge in [0, 0.05) is 5.75 Å². The molecule has 0 aliphatic rings. The van der Waals surface area contributed by atoms with Crippen molar-refractivity contribution < 1.29 is 13.2 Å². The number of hydrogen-bond acceptors (Lipinski definition) is 7. The number of anilines is 2. The van der Waals surface area contributed by atoms with E-state index in [4.69, 9.17) is 23.2 Å². The van der Waals surface area contributed by atoms with Crippen LogP contribution >= 0.6 is 46.3 Å². The molecule has 0 saturated carbocycles. The first-order valence-electron chi connectivity index (χ1n) is 10.6. The molecule has 0 unspecified atom stereocenters. The van der Waals surface area contributed by atoms with E-state index in [1.165, 1.54) is 53.4 Å². The maximum absolute atomic E-state index is 13.5. The van der Waals surface area contributed by atoms with Crippen molar-refractivity contribution in [3.63, 3.8) is 0 Å². The number of hydrogen-bond donors (Lipinski definition) is 1. The number of nitrogens with one attached hydrogen (secondary N) is 1. The van der Waals surface area contributed by atoms with Gasteiger partial charge >= 0.3 is 0 Å². The SMILES string of the molecule is Cc1ccc(S(=O)(=O)N(CC(=O)Nc2nnc(SCc3ccccc3)s2)c2ccc(Cl)c(Cl)c2)cc1. The van der Waals surface area contributed by atoms with Crippen molar-refractivity contribution >= 4 is 73.0 Å². The second-order valence-electron chi connectivity index (χ2n) is 7.62. The second kappa shape index (κ2) is 11.6. The quantitative estimate of drug-likeness (QED) is 0.185. The first-order chi connectivity index (χ1) is 17.2. The molecule has 0 aliphatic heterocycles. The molecule has 1 N–H and O–H groups in total. The molecule has 7 nitrogen and oxygen atoms in total. The Kier molecular flexibility index (Phi) is 8.53. The van der Waals surface area contributed by atoms with Gasteiger partial charge in [-0.1, -0.05) is 94.3 Å². The van der Waals surface area contributed by atoms with Gasteiger partial charge in [-0.15, -0.1) is 10.2 Å². The number of carbonyl (C=O) groups excluding carboxylic acids is 1. The first-order valence-corrected chi connectivity index (χ1v) is 14.6. The fraction of sp³-hybridized carbons (Fsp3) is 0.125. The number of benzene rings is 3. The highest BCUT2D eigenvalue weighted by Gasteiger charge is 2.28. The van der Waals surface area contributed by atoms with Crippen LogP contribution in [-0.4, -0.2) is 31.1 Å². The molecule has 1 amide bonds. The summed E-state index contributed by atoms with van der Waals surface area (Å²) in [6, 6.07) is 20.7. The lowest BCUT2D eigenvalue weighted by atomic mass is 10.2. The van der Waals surface area contributed by atoms with Gasteiger partial charge in [-0.05, 0) is 42.8 Å². The fourth-order valence-corrected chi connectivity index (χ4v) is 6.55. The van der Waals surface area contributed by atoms with Crippen molar-refractivity contribution in [1.82, 2.24) is 10.2 Å². The summed E-state index contributed by atoms with van der Waals surface area (Å²) in [5.74, 6) is 0.135. The highest BCUT2D eigenvalue weighted by molar-refractivity contribution is 8.00. The van der Waals surface area contributed by atoms with Gasteiger partial charge in [0.1, 0.15) is 6.54 Å². The van der Waals surface area contributed by atoms with Crippen LogP contribution < -0.4 is 9.62 Å². The molecule has 0 radical (unpaired) electrons. The van der Waals surface area contributed by atoms with Gasteiger partial charge in [0.15, 0.2) is 4.34 Å². The molecule has 4 aromatic rings. The lowest BCUT2D eigenvalue weighted by molar-refractivity contribution is -0.114. The summed E-state index contributed by atoms with van der Waals surface area (Å²) in [5, 5.41) is 11.5. The molecule has 36 heavy (non-hydrogen) atoms. The van der Waals surface area contributed by atoms with E-state index in [9.17, 15) is 13.2 Å². The van der Waals surface area contributed by atoms with Gasteiger partial charge in [-0.3, -0.25) is 14.4 Å². The van der Waals surface area contributed by atoms with E-state index in [-0.39, 0.29) is 25.8 Å². The van der Waals surface area contributed by atoms with E-state index >= 15 is 0 Å². The van der Waals surface area contributed by atoms with Crippen LogP contribution in [0.1, 0.15) is 11.1 Å². The molecule has 1 heterocycles. The van der Waals surface area contributed by atoms with E-state index in [1.807, 2.05) is 37.3 Å². The Morgan fingerprint density at radius 1 is 1.00 bits per heavy atom. The average Bonchev–Trinajstić information content (AvgIpc) is 3.31. The smallest absolute Gasteiger partial charge is 0.264 e. The van der Waals surface area contributed by atoms with Crippen LogP contribution in [-0.2, 0) is 20.6 Å². The van der Waals surface area contributed by atoms with Crippen LogP contribution in [0.15, 0.2) is 82.0 Å². The van der Waals surface area contributed by atoms with Crippen LogP contribution in [0.4, 0.5) is 10.8 Å². The van der Waals surface area contributed by atoms with Gasteiger partial charge in [0.05, 0.1) is 20.6 Å². The highest BCUT2D eigenvalue weighted by Crippen LogP contribution is 2.31. The Labute approximate surface area is 227 Å². The average molecular weight is 580 g/mol. The zero-order chi connectivity index (χ0) is 25.7. The molecular weight excluding hydrogens is 559 g/mol. The standard InChI is InChI=1S/C24H20Cl2N4O3S3/c1-16-7-10-19(11-8-16)36(32,33)30(18-9-12-20(25)21(26)13-18)14-22(31)27-23-28-29-24(35-23)34-15-17-5-3-2-4-6-17/h2-13H,14-15H2,1H3,(H,27,28,31). The molecular formula is C24H20Cl2N4O3S3. The van der Waals surface area contributed by atoms with E-state index in [0.29, 0.717) is 10.1 Å². The zero-order valence-corrected chi connectivity index (χ0v) is 22.9. The summed E-state index contributed by atoms with van der Waals surface area (Å²) in [5.41, 5.74) is 2.25. The summed E-state index contributed by atoms with van der Waals surface area (Å²) >= 11 is 14.9. The summed E-state index contributed by atoms with van der Waals surface area (Å²) in [4.78, 5) is 13.0. The molecule has 0 fully saturated rings. The van der Waals surface area contributed by atoms with E-state index in [1.54, 1.807) is 12.1 Å². The van der Waals surface area contributed by atoms with Crippen LogP contribution in [0, 0.1) is 6.92 Å². The van der Waals surface area contributed by atoms with Crippen molar-refractivity contribution in [2.45, 2.75) is 21.9 Å². The maximum Gasteiger partial charge on any atom is 0.264 e. The number of carbonyl (C=O) groups is 1. The van der Waals surface area contributed by atoms with Gasteiger partial charge < -0.3 is 0 Å². The molecule has 0 aliphatic carbocycles. The maximum atomic E-state index is 13.5. The molecule has 186 valence electrons. The number of aromatic nitrogens is 2. The number of rotatable bonds is 9. The lowest BCUT2D eigenvalue weighted by Gasteiger charge is -2.24. The van der Waals surface area contributed by atoms with Gasteiger partial charge in [-0.2, -0.15) is 0 Å². The monoisotopic (exact) mass is 578 g/mol. The van der Waals surface area contributed by atoms with E-state index in [2.05, 4.69) is 15.5 Å². The summed E-state index contributed by atoms with van der Waals surface area (Å²) < 4.78 is 28.7. The minimum Gasteiger partial charge on any atom is -0.299 e. The normalized spacial score (nSPS) is 11.3. The largest absolute Gasteiger partial charge is 0.299 e. The third-order valence-electron chi connectivity index (χ3n) is 4.95.